The quantitative estimate of drug-likeness (QED) is 0.784. The third-order valence-electron chi connectivity index (χ3n) is 5.63. The van der Waals surface area contributed by atoms with Crippen LogP contribution < -0.4 is 15.8 Å². The van der Waals surface area contributed by atoms with E-state index in [4.69, 9.17) is 22.1 Å². The minimum atomic E-state index is -0.151. The van der Waals surface area contributed by atoms with Crippen molar-refractivity contribution in [3.05, 3.63) is 22.7 Å². The normalized spacial score (nSPS) is 20.9. The summed E-state index contributed by atoms with van der Waals surface area (Å²) in [5, 5.41) is 3.50. The summed E-state index contributed by atoms with van der Waals surface area (Å²) in [6.07, 6.45) is 4.44. The zero-order chi connectivity index (χ0) is 18.7. The van der Waals surface area contributed by atoms with Gasteiger partial charge in [-0.15, -0.1) is 0 Å². The number of nitrogen functional groups attached to an aromatic ring is 1. The largest absolute Gasteiger partial charge is 0.496 e. The molecule has 0 radical (unpaired) electrons. The van der Waals surface area contributed by atoms with Crippen molar-refractivity contribution in [2.45, 2.75) is 37.8 Å². The van der Waals surface area contributed by atoms with Crippen molar-refractivity contribution in [2.24, 2.45) is 0 Å². The molecule has 26 heavy (non-hydrogen) atoms. The summed E-state index contributed by atoms with van der Waals surface area (Å²) < 4.78 is 5.28. The number of amides is 1. The second kappa shape index (κ2) is 8.46. The van der Waals surface area contributed by atoms with Gasteiger partial charge in [-0.25, -0.2) is 0 Å². The first kappa shape index (κ1) is 19.3. The first-order chi connectivity index (χ1) is 12.5. The van der Waals surface area contributed by atoms with Crippen LogP contribution in [0.4, 0.5) is 5.69 Å². The zero-order valence-electron chi connectivity index (χ0n) is 15.6. The van der Waals surface area contributed by atoms with Gasteiger partial charge in [0.1, 0.15) is 5.75 Å². The van der Waals surface area contributed by atoms with Crippen molar-refractivity contribution in [1.29, 1.82) is 0 Å². The molecule has 1 aromatic rings. The average molecular weight is 381 g/mol. The smallest absolute Gasteiger partial charge is 0.255 e. The van der Waals surface area contributed by atoms with Gasteiger partial charge in [0.05, 0.1) is 23.4 Å². The average Bonchev–Trinajstić information content (AvgIpc) is 2.65. The van der Waals surface area contributed by atoms with Gasteiger partial charge >= 0.3 is 0 Å². The van der Waals surface area contributed by atoms with Gasteiger partial charge in [-0.2, -0.15) is 0 Å². The van der Waals surface area contributed by atoms with Crippen LogP contribution >= 0.6 is 11.6 Å². The molecule has 0 spiro atoms. The van der Waals surface area contributed by atoms with E-state index in [0.29, 0.717) is 28.1 Å². The lowest BCUT2D eigenvalue weighted by atomic mass is 9.98. The Bertz CT molecular complexity index is 639. The molecule has 144 valence electrons. The third kappa shape index (κ3) is 4.42. The number of benzene rings is 1. The molecule has 2 heterocycles. The van der Waals surface area contributed by atoms with Crippen LogP contribution in [0, 0.1) is 0 Å². The standard InChI is InChI=1S/C19H29ClN4O2/c1-23-7-5-14(6-8-23)24-9-3-13(4-10-24)22-19(25)15-11-16(20)17(21)12-18(15)26-2/h11-14H,3-10,21H2,1-2H3,(H,22,25). The summed E-state index contributed by atoms with van der Waals surface area (Å²) in [5.74, 6) is 0.301. The van der Waals surface area contributed by atoms with Crippen molar-refractivity contribution in [3.63, 3.8) is 0 Å². The first-order valence-electron chi connectivity index (χ1n) is 9.34. The van der Waals surface area contributed by atoms with Gasteiger partial charge in [0.15, 0.2) is 0 Å². The molecule has 0 bridgehead atoms. The number of nitrogens with one attached hydrogen (secondary N) is 1. The highest BCUT2D eigenvalue weighted by Crippen LogP contribution is 2.29. The van der Waals surface area contributed by atoms with Crippen molar-refractivity contribution in [3.8, 4) is 5.75 Å². The van der Waals surface area contributed by atoms with E-state index in [1.54, 1.807) is 12.1 Å². The van der Waals surface area contributed by atoms with E-state index >= 15 is 0 Å². The predicted molar refractivity (Wildman–Crippen MR) is 105 cm³/mol. The molecule has 0 saturated carbocycles. The summed E-state index contributed by atoms with van der Waals surface area (Å²) in [5.41, 5.74) is 6.64. The number of rotatable bonds is 4. The second-order valence-electron chi connectivity index (χ2n) is 7.39. The molecule has 0 atom stereocenters. The Morgan fingerprint density at radius 2 is 1.85 bits per heavy atom. The number of nitrogens with zero attached hydrogens (tertiary/aromatic N) is 2. The van der Waals surface area contributed by atoms with E-state index in [2.05, 4.69) is 22.2 Å². The number of nitrogens with two attached hydrogens (primary N) is 1. The number of carbonyl (C=O) groups excluding carboxylic acids is 1. The number of methoxy groups -OCH3 is 1. The maximum Gasteiger partial charge on any atom is 0.255 e. The van der Waals surface area contributed by atoms with E-state index in [1.165, 1.54) is 33.0 Å². The minimum Gasteiger partial charge on any atom is -0.496 e. The highest BCUT2D eigenvalue weighted by atomic mass is 35.5. The monoisotopic (exact) mass is 380 g/mol. The number of piperidine rings is 2. The van der Waals surface area contributed by atoms with E-state index in [9.17, 15) is 4.79 Å². The molecule has 2 saturated heterocycles. The summed E-state index contributed by atoms with van der Waals surface area (Å²) in [6, 6.07) is 4.06. The fraction of sp³-hybridized carbons (Fsp3) is 0.632. The highest BCUT2D eigenvalue weighted by Gasteiger charge is 2.28. The molecule has 1 aromatic carbocycles. The molecule has 1 amide bonds. The number of hydrogen-bond acceptors (Lipinski definition) is 5. The highest BCUT2D eigenvalue weighted by molar-refractivity contribution is 6.33. The lowest BCUT2D eigenvalue weighted by Gasteiger charge is -2.41. The molecule has 2 fully saturated rings. The molecule has 2 aliphatic heterocycles. The topological polar surface area (TPSA) is 70.8 Å². The van der Waals surface area contributed by atoms with Gasteiger partial charge in [0, 0.05) is 31.2 Å². The molecule has 3 N–H and O–H groups in total. The van der Waals surface area contributed by atoms with E-state index in [0.717, 1.165) is 25.9 Å². The number of likely N-dealkylation sites (tertiary alicyclic amines) is 2. The van der Waals surface area contributed by atoms with E-state index in [1.807, 2.05) is 0 Å². The molecule has 2 aliphatic rings. The Morgan fingerprint density at radius 1 is 1.19 bits per heavy atom. The Labute approximate surface area is 160 Å². The maximum absolute atomic E-state index is 12.7. The summed E-state index contributed by atoms with van der Waals surface area (Å²) in [4.78, 5) is 17.7. The third-order valence-corrected chi connectivity index (χ3v) is 5.96. The Morgan fingerprint density at radius 3 is 2.46 bits per heavy atom. The van der Waals surface area contributed by atoms with Crippen LogP contribution in [-0.2, 0) is 0 Å². The number of ether oxygens (including phenoxy) is 1. The predicted octanol–water partition coefficient (Wildman–Crippen LogP) is 2.22. The molecular formula is C19H29ClN4O2. The van der Waals surface area contributed by atoms with Gasteiger partial charge < -0.3 is 25.6 Å². The van der Waals surface area contributed by atoms with Gasteiger partial charge in [0.2, 0.25) is 0 Å². The van der Waals surface area contributed by atoms with Crippen molar-refractivity contribution < 1.29 is 9.53 Å². The maximum atomic E-state index is 12.7. The van der Waals surface area contributed by atoms with Gasteiger partial charge in [-0.05, 0) is 51.9 Å². The lowest BCUT2D eigenvalue weighted by Crippen LogP contribution is -2.50. The molecule has 0 aromatic heterocycles. The Balaban J connectivity index is 1.54. The van der Waals surface area contributed by atoms with Gasteiger partial charge in [-0.1, -0.05) is 11.6 Å². The van der Waals surface area contributed by atoms with Crippen LogP contribution in [0.3, 0.4) is 0 Å². The van der Waals surface area contributed by atoms with E-state index < -0.39 is 0 Å². The number of halogens is 1. The van der Waals surface area contributed by atoms with Gasteiger partial charge in [-0.3, -0.25) is 4.79 Å². The molecule has 6 nitrogen and oxygen atoms in total. The molecular weight excluding hydrogens is 352 g/mol. The van der Waals surface area contributed by atoms with Gasteiger partial charge in [0.25, 0.3) is 5.91 Å². The molecule has 0 aliphatic carbocycles. The fourth-order valence-electron chi connectivity index (χ4n) is 3.95. The number of carbonyl (C=O) groups is 1. The van der Waals surface area contributed by atoms with Crippen LogP contribution in [0.2, 0.25) is 5.02 Å². The van der Waals surface area contributed by atoms with E-state index in [-0.39, 0.29) is 11.9 Å². The zero-order valence-corrected chi connectivity index (χ0v) is 16.4. The van der Waals surface area contributed by atoms with Crippen LogP contribution in [0.1, 0.15) is 36.0 Å². The lowest BCUT2D eigenvalue weighted by molar-refractivity contribution is 0.0805. The number of hydrogen-bond donors (Lipinski definition) is 2. The summed E-state index contributed by atoms with van der Waals surface area (Å²) in [6.45, 7) is 4.44. The van der Waals surface area contributed by atoms with Crippen molar-refractivity contribution in [1.82, 2.24) is 15.1 Å². The first-order valence-corrected chi connectivity index (χ1v) is 9.72. The minimum absolute atomic E-state index is 0.151. The van der Waals surface area contributed by atoms with Crippen molar-refractivity contribution in [2.75, 3.05) is 46.1 Å². The SMILES string of the molecule is COc1cc(N)c(Cl)cc1C(=O)NC1CCN(C2CCN(C)CC2)CC1. The Hall–Kier alpha value is -1.50. The van der Waals surface area contributed by atoms with Crippen molar-refractivity contribution >= 4 is 23.2 Å². The number of anilines is 1. The molecule has 3 rings (SSSR count). The summed E-state index contributed by atoms with van der Waals surface area (Å²) >= 11 is 6.07. The van der Waals surface area contributed by atoms with Crippen LogP contribution in [-0.4, -0.2) is 68.1 Å². The van der Waals surface area contributed by atoms with Crippen LogP contribution in [0.25, 0.3) is 0 Å². The fourth-order valence-corrected chi connectivity index (χ4v) is 4.11. The molecule has 0 unspecified atom stereocenters. The summed E-state index contributed by atoms with van der Waals surface area (Å²) in [7, 11) is 3.72. The van der Waals surface area contributed by atoms with Crippen LogP contribution in [0.5, 0.6) is 5.75 Å². The second-order valence-corrected chi connectivity index (χ2v) is 7.80. The molecule has 7 heteroatoms. The Kier molecular flexibility index (Phi) is 6.27. The van der Waals surface area contributed by atoms with Crippen LogP contribution in [0.15, 0.2) is 12.1 Å².